The zero-order valence-electron chi connectivity index (χ0n) is 17.0. The van der Waals surface area contributed by atoms with Crippen LogP contribution in [-0.2, 0) is 14.8 Å². The number of hydrogen-bond donors (Lipinski definition) is 1. The van der Waals surface area contributed by atoms with E-state index in [2.05, 4.69) is 5.32 Å². The Morgan fingerprint density at radius 2 is 1.71 bits per heavy atom. The third kappa shape index (κ3) is 5.11. The van der Waals surface area contributed by atoms with Gasteiger partial charge in [0.1, 0.15) is 10.6 Å². The summed E-state index contributed by atoms with van der Waals surface area (Å²) in [5, 5.41) is 2.83. The van der Waals surface area contributed by atoms with Crippen molar-refractivity contribution in [3.05, 3.63) is 59.7 Å². The number of amides is 1. The molecule has 0 fully saturated rings. The molecule has 0 heterocycles. The molecule has 152 valence electrons. The number of benzene rings is 2. The van der Waals surface area contributed by atoms with Gasteiger partial charge in [0.25, 0.3) is 0 Å². The molecular weight excluding hydrogens is 376 g/mol. The first-order valence-electron chi connectivity index (χ1n) is 9.15. The van der Waals surface area contributed by atoms with Gasteiger partial charge in [0.05, 0.1) is 19.7 Å². The lowest BCUT2D eigenvalue weighted by atomic mass is 10.0. The second kappa shape index (κ2) is 9.21. The number of likely N-dealkylation sites (N-methyl/N-ethyl adjacent to an activating group) is 1. The minimum absolute atomic E-state index is 0.0626. The normalized spacial score (nSPS) is 12.8. The fraction of sp³-hybridized carbons (Fsp3) is 0.381. The molecule has 0 radical (unpaired) electrons. The van der Waals surface area contributed by atoms with Gasteiger partial charge >= 0.3 is 0 Å². The lowest BCUT2D eigenvalue weighted by Crippen LogP contribution is -2.39. The third-order valence-corrected chi connectivity index (χ3v) is 6.41. The fourth-order valence-electron chi connectivity index (χ4n) is 2.82. The standard InChI is InChI=1S/C21H28N2O4S/c1-15(2)18-11-12-19(27-5)20(13-18)28(25,26)23(4)14-21(24)22-16(3)17-9-7-6-8-10-17/h6-13,15-16H,14H2,1-5H3,(H,22,24). The van der Waals surface area contributed by atoms with Crippen LogP contribution < -0.4 is 10.1 Å². The van der Waals surface area contributed by atoms with Gasteiger partial charge in [-0.15, -0.1) is 0 Å². The van der Waals surface area contributed by atoms with Crippen molar-refractivity contribution in [2.75, 3.05) is 20.7 Å². The topological polar surface area (TPSA) is 75.7 Å². The van der Waals surface area contributed by atoms with E-state index in [0.29, 0.717) is 0 Å². The molecule has 0 bridgehead atoms. The van der Waals surface area contributed by atoms with Crippen molar-refractivity contribution in [1.82, 2.24) is 9.62 Å². The maximum atomic E-state index is 13.0. The van der Waals surface area contributed by atoms with Gasteiger partial charge < -0.3 is 10.1 Å². The van der Waals surface area contributed by atoms with Gasteiger partial charge in [-0.2, -0.15) is 4.31 Å². The molecule has 1 amide bonds. The molecule has 2 aromatic rings. The molecule has 0 saturated heterocycles. The van der Waals surface area contributed by atoms with Crippen LogP contribution in [-0.4, -0.2) is 39.3 Å². The van der Waals surface area contributed by atoms with Crippen molar-refractivity contribution in [3.63, 3.8) is 0 Å². The van der Waals surface area contributed by atoms with Crippen molar-refractivity contribution in [1.29, 1.82) is 0 Å². The lowest BCUT2D eigenvalue weighted by molar-refractivity contribution is -0.121. The fourth-order valence-corrected chi connectivity index (χ4v) is 4.13. The summed E-state index contributed by atoms with van der Waals surface area (Å²) in [4.78, 5) is 12.5. The molecule has 1 N–H and O–H groups in total. The van der Waals surface area contributed by atoms with E-state index >= 15 is 0 Å². The number of carbonyl (C=O) groups is 1. The van der Waals surface area contributed by atoms with E-state index in [-0.39, 0.29) is 35.1 Å². The Morgan fingerprint density at radius 1 is 1.07 bits per heavy atom. The molecule has 1 atom stereocenters. The van der Waals surface area contributed by atoms with Crippen LogP contribution >= 0.6 is 0 Å². The van der Waals surface area contributed by atoms with Crippen molar-refractivity contribution in [2.24, 2.45) is 0 Å². The number of sulfonamides is 1. The highest BCUT2D eigenvalue weighted by molar-refractivity contribution is 7.89. The first-order valence-corrected chi connectivity index (χ1v) is 10.6. The summed E-state index contributed by atoms with van der Waals surface area (Å²) in [6.45, 7) is 5.55. The van der Waals surface area contributed by atoms with Crippen molar-refractivity contribution in [2.45, 2.75) is 37.6 Å². The highest BCUT2D eigenvalue weighted by Crippen LogP contribution is 2.29. The van der Waals surface area contributed by atoms with Gasteiger partial charge in [0.2, 0.25) is 15.9 Å². The van der Waals surface area contributed by atoms with E-state index in [1.165, 1.54) is 14.2 Å². The maximum Gasteiger partial charge on any atom is 0.246 e. The first-order chi connectivity index (χ1) is 13.2. The minimum Gasteiger partial charge on any atom is -0.495 e. The van der Waals surface area contributed by atoms with E-state index in [4.69, 9.17) is 4.74 Å². The van der Waals surface area contributed by atoms with E-state index < -0.39 is 10.0 Å². The van der Waals surface area contributed by atoms with Gasteiger partial charge in [-0.25, -0.2) is 8.42 Å². The van der Waals surface area contributed by atoms with Gasteiger partial charge in [-0.3, -0.25) is 4.79 Å². The Bertz CT molecular complexity index is 911. The predicted molar refractivity (Wildman–Crippen MR) is 110 cm³/mol. The van der Waals surface area contributed by atoms with Crippen LogP contribution in [0.2, 0.25) is 0 Å². The van der Waals surface area contributed by atoms with Crippen LogP contribution in [0.3, 0.4) is 0 Å². The lowest BCUT2D eigenvalue weighted by Gasteiger charge is -2.21. The molecule has 7 heteroatoms. The Labute approximate surface area is 167 Å². The Balaban J connectivity index is 2.17. The number of nitrogens with one attached hydrogen (secondary N) is 1. The SMILES string of the molecule is COc1ccc(C(C)C)cc1S(=O)(=O)N(C)CC(=O)NC(C)c1ccccc1. The average Bonchev–Trinajstić information content (AvgIpc) is 2.67. The third-order valence-electron chi connectivity index (χ3n) is 4.59. The maximum absolute atomic E-state index is 13.0. The molecule has 0 saturated carbocycles. The van der Waals surface area contributed by atoms with Crippen LogP contribution in [0.4, 0.5) is 0 Å². The number of ether oxygens (including phenoxy) is 1. The van der Waals surface area contributed by atoms with Gasteiger partial charge in [0.15, 0.2) is 0 Å². The second-order valence-electron chi connectivity index (χ2n) is 7.03. The van der Waals surface area contributed by atoms with E-state index in [9.17, 15) is 13.2 Å². The molecule has 2 rings (SSSR count). The highest BCUT2D eigenvalue weighted by Gasteiger charge is 2.27. The molecular formula is C21H28N2O4S. The van der Waals surface area contributed by atoms with Crippen molar-refractivity contribution >= 4 is 15.9 Å². The molecule has 0 spiro atoms. The first kappa shape index (κ1) is 21.9. The molecule has 0 aromatic heterocycles. The summed E-state index contributed by atoms with van der Waals surface area (Å²) in [7, 11) is -1.07. The summed E-state index contributed by atoms with van der Waals surface area (Å²) in [5.41, 5.74) is 1.84. The largest absolute Gasteiger partial charge is 0.495 e. The monoisotopic (exact) mass is 404 g/mol. The Kier molecular flexibility index (Phi) is 7.21. The average molecular weight is 405 g/mol. The summed E-state index contributed by atoms with van der Waals surface area (Å²) in [6, 6.07) is 14.4. The van der Waals surface area contributed by atoms with Crippen LogP contribution in [0.5, 0.6) is 5.75 Å². The molecule has 0 aliphatic carbocycles. The van der Waals surface area contributed by atoms with E-state index in [1.807, 2.05) is 57.2 Å². The molecule has 6 nitrogen and oxygen atoms in total. The quantitative estimate of drug-likeness (QED) is 0.732. The molecule has 0 aliphatic heterocycles. The van der Waals surface area contributed by atoms with Gasteiger partial charge in [-0.1, -0.05) is 50.2 Å². The van der Waals surface area contributed by atoms with Crippen LogP contribution in [0.1, 0.15) is 43.9 Å². The van der Waals surface area contributed by atoms with Crippen molar-refractivity contribution < 1.29 is 17.9 Å². The summed E-state index contributed by atoms with van der Waals surface area (Å²) in [5.74, 6) is 0.0518. The van der Waals surface area contributed by atoms with Crippen LogP contribution in [0, 0.1) is 0 Å². The number of rotatable bonds is 8. The summed E-state index contributed by atoms with van der Waals surface area (Å²) >= 11 is 0. The molecule has 1 unspecified atom stereocenters. The number of carbonyl (C=O) groups excluding carboxylic acids is 1. The van der Waals surface area contributed by atoms with Crippen LogP contribution in [0.25, 0.3) is 0 Å². The number of nitrogens with zero attached hydrogens (tertiary/aromatic N) is 1. The Hall–Kier alpha value is -2.38. The summed E-state index contributed by atoms with van der Waals surface area (Å²) in [6.07, 6.45) is 0. The van der Waals surface area contributed by atoms with Crippen molar-refractivity contribution in [3.8, 4) is 5.75 Å². The van der Waals surface area contributed by atoms with Crippen LogP contribution in [0.15, 0.2) is 53.4 Å². The minimum atomic E-state index is -3.89. The summed E-state index contributed by atoms with van der Waals surface area (Å²) < 4.78 is 32.4. The molecule has 2 aromatic carbocycles. The van der Waals surface area contributed by atoms with Gasteiger partial charge in [0, 0.05) is 7.05 Å². The van der Waals surface area contributed by atoms with E-state index in [0.717, 1.165) is 15.4 Å². The zero-order chi connectivity index (χ0) is 20.9. The highest BCUT2D eigenvalue weighted by atomic mass is 32.2. The van der Waals surface area contributed by atoms with E-state index in [1.54, 1.807) is 12.1 Å². The van der Waals surface area contributed by atoms with Gasteiger partial charge in [-0.05, 0) is 36.1 Å². The number of methoxy groups -OCH3 is 1. The number of hydrogen-bond acceptors (Lipinski definition) is 4. The predicted octanol–water partition coefficient (Wildman–Crippen LogP) is 3.32. The zero-order valence-corrected chi connectivity index (χ0v) is 17.8. The molecule has 28 heavy (non-hydrogen) atoms. The second-order valence-corrected chi connectivity index (χ2v) is 9.04. The Morgan fingerprint density at radius 3 is 2.29 bits per heavy atom. The smallest absolute Gasteiger partial charge is 0.246 e. The molecule has 0 aliphatic rings.